The summed E-state index contributed by atoms with van der Waals surface area (Å²) in [5.74, 6) is -0.226. The van der Waals surface area contributed by atoms with Gasteiger partial charge in [-0.1, -0.05) is 0 Å². The van der Waals surface area contributed by atoms with Crippen LogP contribution in [0.2, 0.25) is 0 Å². The third kappa shape index (κ3) is 7.12. The highest BCUT2D eigenvalue weighted by Gasteiger charge is 2.19. The fourth-order valence-corrected chi connectivity index (χ4v) is 2.59. The van der Waals surface area contributed by atoms with Gasteiger partial charge >= 0.3 is 0 Å². The minimum Gasteiger partial charge on any atom is -0.379 e. The van der Waals surface area contributed by atoms with E-state index < -0.39 is 9.85 Å². The predicted octanol–water partition coefficient (Wildman–Crippen LogP) is 1.93. The highest BCUT2D eigenvalue weighted by molar-refractivity contribution is 5.74. The zero-order chi connectivity index (χ0) is 18.8. The van der Waals surface area contributed by atoms with Gasteiger partial charge in [0.05, 0.1) is 15.9 Å². The van der Waals surface area contributed by atoms with E-state index in [-0.39, 0.29) is 35.3 Å². The Morgan fingerprint density at radius 1 is 1.16 bits per heavy atom. The summed E-state index contributed by atoms with van der Waals surface area (Å²) < 4.78 is 0. The Morgan fingerprint density at radius 3 is 2.40 bits per heavy atom. The molecule has 5 N–H and O–H groups in total. The molecule has 138 valence electrons. The van der Waals surface area contributed by atoms with Crippen molar-refractivity contribution in [2.75, 3.05) is 18.4 Å². The van der Waals surface area contributed by atoms with Crippen LogP contribution in [0, 0.1) is 26.1 Å². The maximum Gasteiger partial charge on any atom is 0.299 e. The number of anilines is 1. The Bertz CT molecular complexity index is 622. The zero-order valence-corrected chi connectivity index (χ0v) is 13.8. The van der Waals surface area contributed by atoms with Gasteiger partial charge < -0.3 is 16.8 Å². The first-order valence-corrected chi connectivity index (χ1v) is 8.00. The number of nitrogens with two attached hydrogens (primary N) is 2. The number of nitrogens with one attached hydrogen (secondary N) is 1. The van der Waals surface area contributed by atoms with Crippen LogP contribution in [-0.2, 0) is 4.79 Å². The first-order chi connectivity index (χ1) is 11.8. The van der Waals surface area contributed by atoms with Gasteiger partial charge in [-0.15, -0.1) is 0 Å². The van der Waals surface area contributed by atoms with Crippen molar-refractivity contribution in [3.8, 4) is 0 Å². The molecule has 0 bridgehead atoms. The van der Waals surface area contributed by atoms with Crippen molar-refractivity contribution < 1.29 is 14.6 Å². The number of non-ortho nitro benzene ring substituents is 1. The molecule has 1 unspecified atom stereocenters. The summed E-state index contributed by atoms with van der Waals surface area (Å²) in [6, 6.07) is 3.47. The van der Waals surface area contributed by atoms with Crippen molar-refractivity contribution >= 4 is 23.0 Å². The second-order valence-electron chi connectivity index (χ2n) is 5.75. The minimum absolute atomic E-state index is 0.134. The number of nitro groups is 2. The minimum atomic E-state index is -0.678. The van der Waals surface area contributed by atoms with Gasteiger partial charge in [0.2, 0.25) is 5.91 Å². The number of amides is 1. The van der Waals surface area contributed by atoms with E-state index in [1.54, 1.807) is 0 Å². The van der Waals surface area contributed by atoms with Gasteiger partial charge in [-0.3, -0.25) is 25.0 Å². The average molecular weight is 353 g/mol. The summed E-state index contributed by atoms with van der Waals surface area (Å²) in [6.45, 7) is 0.985. The molecule has 0 aromatic heterocycles. The zero-order valence-electron chi connectivity index (χ0n) is 13.8. The molecule has 0 aliphatic carbocycles. The molecular weight excluding hydrogens is 330 g/mol. The Kier molecular flexibility index (Phi) is 8.27. The van der Waals surface area contributed by atoms with Crippen molar-refractivity contribution in [1.82, 2.24) is 0 Å². The first kappa shape index (κ1) is 20.3. The Hall–Kier alpha value is -2.75. The normalized spacial score (nSPS) is 11.7. The molecule has 0 aliphatic heterocycles. The van der Waals surface area contributed by atoms with Crippen molar-refractivity contribution in [2.24, 2.45) is 17.4 Å². The standard InChI is InChI=1S/C15H23N5O5/c16-7-1-3-11(9-15(17)21)4-2-8-18-13-6-5-12(19(22)23)10-14(13)20(24)25/h5-6,10-11,18H,1-4,7-9,16H2,(H2,17,21). The quantitative estimate of drug-likeness (QED) is 0.293. The number of nitrogens with zero attached hydrogens (tertiary/aromatic N) is 2. The Morgan fingerprint density at radius 2 is 1.84 bits per heavy atom. The third-order valence-electron chi connectivity index (χ3n) is 3.80. The number of benzene rings is 1. The molecule has 10 nitrogen and oxygen atoms in total. The van der Waals surface area contributed by atoms with E-state index in [2.05, 4.69) is 5.32 Å². The number of hydrogen-bond acceptors (Lipinski definition) is 7. The van der Waals surface area contributed by atoms with Gasteiger partial charge in [0.1, 0.15) is 5.69 Å². The van der Waals surface area contributed by atoms with Crippen molar-refractivity contribution in [3.05, 3.63) is 38.4 Å². The predicted molar refractivity (Wildman–Crippen MR) is 93.1 cm³/mol. The van der Waals surface area contributed by atoms with Gasteiger partial charge in [0, 0.05) is 19.0 Å². The molecule has 1 atom stereocenters. The van der Waals surface area contributed by atoms with Crippen molar-refractivity contribution in [2.45, 2.75) is 32.1 Å². The summed E-state index contributed by atoms with van der Waals surface area (Å²) in [7, 11) is 0. The number of rotatable bonds is 12. The molecule has 0 spiro atoms. The van der Waals surface area contributed by atoms with Crippen molar-refractivity contribution in [1.29, 1.82) is 0 Å². The van der Waals surface area contributed by atoms with E-state index in [9.17, 15) is 25.0 Å². The lowest BCUT2D eigenvalue weighted by molar-refractivity contribution is -0.393. The molecule has 1 aromatic carbocycles. The van der Waals surface area contributed by atoms with E-state index in [1.165, 1.54) is 12.1 Å². The summed E-state index contributed by atoms with van der Waals surface area (Å²) in [4.78, 5) is 31.5. The highest BCUT2D eigenvalue weighted by Crippen LogP contribution is 2.29. The van der Waals surface area contributed by atoms with Gasteiger partial charge in [0.25, 0.3) is 11.4 Å². The number of nitro benzene ring substituents is 2. The van der Waals surface area contributed by atoms with Crippen LogP contribution < -0.4 is 16.8 Å². The summed E-state index contributed by atoms with van der Waals surface area (Å²) >= 11 is 0. The summed E-state index contributed by atoms with van der Waals surface area (Å²) in [5.41, 5.74) is 10.3. The average Bonchev–Trinajstić information content (AvgIpc) is 2.55. The molecule has 0 radical (unpaired) electrons. The molecule has 1 aromatic rings. The van der Waals surface area contributed by atoms with Crippen LogP contribution in [0.3, 0.4) is 0 Å². The monoisotopic (exact) mass is 353 g/mol. The fraction of sp³-hybridized carbons (Fsp3) is 0.533. The maximum absolute atomic E-state index is 11.1. The molecule has 10 heteroatoms. The van der Waals surface area contributed by atoms with E-state index in [1.807, 2.05) is 0 Å². The largest absolute Gasteiger partial charge is 0.379 e. The fourth-order valence-electron chi connectivity index (χ4n) is 2.59. The molecule has 0 heterocycles. The van der Waals surface area contributed by atoms with Crippen LogP contribution in [0.25, 0.3) is 0 Å². The number of hydrogen-bond donors (Lipinski definition) is 3. The molecular formula is C15H23N5O5. The third-order valence-corrected chi connectivity index (χ3v) is 3.80. The Balaban J connectivity index is 2.60. The maximum atomic E-state index is 11.1. The second kappa shape index (κ2) is 10.2. The van der Waals surface area contributed by atoms with E-state index >= 15 is 0 Å². The highest BCUT2D eigenvalue weighted by atomic mass is 16.6. The van der Waals surface area contributed by atoms with Gasteiger partial charge in [-0.2, -0.15) is 0 Å². The molecule has 0 saturated carbocycles. The van der Waals surface area contributed by atoms with Gasteiger partial charge in [0.15, 0.2) is 0 Å². The van der Waals surface area contributed by atoms with Crippen LogP contribution in [0.1, 0.15) is 32.1 Å². The van der Waals surface area contributed by atoms with Crippen LogP contribution in [-0.4, -0.2) is 28.8 Å². The molecule has 0 aliphatic rings. The first-order valence-electron chi connectivity index (χ1n) is 8.00. The van der Waals surface area contributed by atoms with E-state index in [0.29, 0.717) is 19.5 Å². The van der Waals surface area contributed by atoms with Crippen LogP contribution in [0.5, 0.6) is 0 Å². The second-order valence-corrected chi connectivity index (χ2v) is 5.75. The summed E-state index contributed by atoms with van der Waals surface area (Å²) in [6.07, 6.45) is 3.31. The smallest absolute Gasteiger partial charge is 0.299 e. The molecule has 1 amide bonds. The van der Waals surface area contributed by atoms with Gasteiger partial charge in [-0.05, 0) is 44.2 Å². The van der Waals surface area contributed by atoms with Crippen LogP contribution in [0.4, 0.5) is 17.1 Å². The molecule has 0 saturated heterocycles. The van der Waals surface area contributed by atoms with Gasteiger partial charge in [-0.25, -0.2) is 0 Å². The lowest BCUT2D eigenvalue weighted by Crippen LogP contribution is -2.18. The molecule has 0 fully saturated rings. The van der Waals surface area contributed by atoms with Crippen LogP contribution >= 0.6 is 0 Å². The lowest BCUT2D eigenvalue weighted by Gasteiger charge is -2.15. The number of carbonyl (C=O) groups is 1. The SMILES string of the molecule is NCCCC(CCCNc1ccc([N+](=O)[O-])cc1[N+](=O)[O-])CC(N)=O. The molecule has 25 heavy (non-hydrogen) atoms. The Labute approximate surface area is 144 Å². The number of primary amides is 1. The van der Waals surface area contributed by atoms with Crippen molar-refractivity contribution in [3.63, 3.8) is 0 Å². The topological polar surface area (TPSA) is 167 Å². The number of carbonyl (C=O) groups excluding carboxylic acids is 1. The van der Waals surface area contributed by atoms with E-state index in [0.717, 1.165) is 25.3 Å². The van der Waals surface area contributed by atoms with Crippen LogP contribution in [0.15, 0.2) is 18.2 Å². The lowest BCUT2D eigenvalue weighted by atomic mass is 9.94. The molecule has 1 rings (SSSR count). The summed E-state index contributed by atoms with van der Waals surface area (Å²) in [5, 5.41) is 24.7. The van der Waals surface area contributed by atoms with E-state index in [4.69, 9.17) is 11.5 Å².